The summed E-state index contributed by atoms with van der Waals surface area (Å²) in [4.78, 5) is 13.8. The van der Waals surface area contributed by atoms with Crippen LogP contribution in [0.15, 0.2) is 35.4 Å². The van der Waals surface area contributed by atoms with Crippen LogP contribution in [0.3, 0.4) is 0 Å². The van der Waals surface area contributed by atoms with Gasteiger partial charge in [-0.25, -0.2) is 0 Å². The van der Waals surface area contributed by atoms with E-state index in [1.807, 2.05) is 52.0 Å². The molecule has 2 aromatic carbocycles. The first-order valence-electron chi connectivity index (χ1n) is 8.90. The van der Waals surface area contributed by atoms with Crippen LogP contribution in [0.2, 0.25) is 0 Å². The van der Waals surface area contributed by atoms with Gasteiger partial charge in [0.15, 0.2) is 0 Å². The predicted molar refractivity (Wildman–Crippen MR) is 105 cm³/mol. The number of aryl methyl sites for hydroxylation is 2. The Kier molecular flexibility index (Phi) is 6.48. The van der Waals surface area contributed by atoms with Crippen LogP contribution in [-0.4, -0.2) is 22.2 Å². The van der Waals surface area contributed by atoms with E-state index in [0.29, 0.717) is 5.75 Å². The molecule has 0 bridgehead atoms. The second-order valence-electron chi connectivity index (χ2n) is 7.20. The number of benzene rings is 2. The minimum Gasteiger partial charge on any atom is -0.508 e. The van der Waals surface area contributed by atoms with Crippen molar-refractivity contribution in [3.05, 3.63) is 74.2 Å². The van der Waals surface area contributed by atoms with E-state index in [2.05, 4.69) is 10.0 Å². The summed E-state index contributed by atoms with van der Waals surface area (Å²) in [6.07, 6.45) is 0.898. The van der Waals surface area contributed by atoms with Crippen molar-refractivity contribution in [2.75, 3.05) is 0 Å². The molecule has 0 heterocycles. The van der Waals surface area contributed by atoms with E-state index in [0.717, 1.165) is 34.2 Å². The fraction of sp³-hybridized carbons (Fsp3) is 0.381. The van der Waals surface area contributed by atoms with Gasteiger partial charge in [0.25, 0.3) is 0 Å². The normalized spacial score (nSPS) is 11.9. The third-order valence-corrected chi connectivity index (χ3v) is 4.76. The molecule has 2 rings (SSSR count). The largest absolute Gasteiger partial charge is 0.508 e. The van der Waals surface area contributed by atoms with Crippen LogP contribution >= 0.6 is 0 Å². The molecule has 0 aliphatic rings. The van der Waals surface area contributed by atoms with Gasteiger partial charge in [-0.1, -0.05) is 43.2 Å². The first-order valence-corrected chi connectivity index (χ1v) is 8.90. The molecule has 0 saturated carbocycles. The molecule has 0 fully saturated rings. The van der Waals surface area contributed by atoms with E-state index < -0.39 is 12.0 Å². The first kappa shape index (κ1) is 20.3. The Morgan fingerprint density at radius 2 is 1.78 bits per heavy atom. The molecule has 0 radical (unpaired) electrons. The van der Waals surface area contributed by atoms with Crippen molar-refractivity contribution in [1.29, 1.82) is 0 Å². The topological polar surface area (TPSA) is 106 Å². The van der Waals surface area contributed by atoms with Gasteiger partial charge >= 0.3 is 5.97 Å². The summed E-state index contributed by atoms with van der Waals surface area (Å²) in [5.41, 5.74) is 14.7. The molecular weight excluding hydrogens is 342 g/mol. The van der Waals surface area contributed by atoms with Crippen LogP contribution < -0.4 is 0 Å². The van der Waals surface area contributed by atoms with E-state index >= 15 is 0 Å². The number of carboxylic acids is 1. The van der Waals surface area contributed by atoms with Gasteiger partial charge in [0.1, 0.15) is 11.8 Å². The molecular formula is C21H25N3O3. The molecule has 0 aliphatic heterocycles. The molecule has 2 N–H and O–H groups in total. The average molecular weight is 367 g/mol. The Morgan fingerprint density at radius 3 is 2.30 bits per heavy atom. The zero-order chi connectivity index (χ0) is 20.1. The summed E-state index contributed by atoms with van der Waals surface area (Å²) < 4.78 is 0. The fourth-order valence-corrected chi connectivity index (χ4v) is 3.32. The van der Waals surface area contributed by atoms with Crippen LogP contribution in [0.25, 0.3) is 10.4 Å². The van der Waals surface area contributed by atoms with Crippen molar-refractivity contribution < 1.29 is 15.0 Å². The highest BCUT2D eigenvalue weighted by Gasteiger charge is 2.17. The lowest BCUT2D eigenvalue weighted by Crippen LogP contribution is -2.20. The zero-order valence-electron chi connectivity index (χ0n) is 16.1. The van der Waals surface area contributed by atoms with Crippen LogP contribution in [0.5, 0.6) is 5.75 Å². The monoisotopic (exact) mass is 367 g/mol. The minimum absolute atomic E-state index is 0.165. The van der Waals surface area contributed by atoms with Crippen molar-refractivity contribution >= 4 is 5.97 Å². The Morgan fingerprint density at radius 1 is 1.15 bits per heavy atom. The van der Waals surface area contributed by atoms with Gasteiger partial charge in [0, 0.05) is 4.91 Å². The maximum Gasteiger partial charge on any atom is 0.312 e. The van der Waals surface area contributed by atoms with E-state index in [9.17, 15) is 9.90 Å². The summed E-state index contributed by atoms with van der Waals surface area (Å²) in [5, 5.41) is 22.5. The number of carbonyl (C=O) groups is 1. The third-order valence-electron chi connectivity index (χ3n) is 4.76. The molecule has 1 atom stereocenters. The van der Waals surface area contributed by atoms with Gasteiger partial charge in [-0.15, -0.1) is 0 Å². The number of carboxylic acid groups (broad SMARTS) is 1. The number of hydrogen-bond acceptors (Lipinski definition) is 3. The van der Waals surface area contributed by atoms with E-state index in [4.69, 9.17) is 10.6 Å². The van der Waals surface area contributed by atoms with Crippen molar-refractivity contribution in [3.8, 4) is 5.75 Å². The Bertz CT molecular complexity index is 875. The van der Waals surface area contributed by atoms with Crippen LogP contribution in [-0.2, 0) is 17.6 Å². The highest BCUT2D eigenvalue weighted by Crippen LogP contribution is 2.28. The SMILES string of the molecule is Cc1cc(C[C@H](N=[N+]=[N-])C(=O)O)cc(C)c1Cc1ccc(O)c(C(C)C)c1. The molecule has 0 aromatic heterocycles. The number of aromatic hydroxyl groups is 1. The smallest absolute Gasteiger partial charge is 0.312 e. The lowest BCUT2D eigenvalue weighted by Gasteiger charge is -2.16. The molecule has 6 heteroatoms. The lowest BCUT2D eigenvalue weighted by atomic mass is 9.90. The lowest BCUT2D eigenvalue weighted by molar-refractivity contribution is -0.138. The van der Waals surface area contributed by atoms with E-state index in [1.54, 1.807) is 6.07 Å². The second-order valence-corrected chi connectivity index (χ2v) is 7.20. The highest BCUT2D eigenvalue weighted by atomic mass is 16.4. The summed E-state index contributed by atoms with van der Waals surface area (Å²) in [6.45, 7) is 8.09. The van der Waals surface area contributed by atoms with Crippen molar-refractivity contribution in [2.45, 2.75) is 52.5 Å². The van der Waals surface area contributed by atoms with Crippen molar-refractivity contribution in [1.82, 2.24) is 0 Å². The van der Waals surface area contributed by atoms with Gasteiger partial charge in [-0.2, -0.15) is 0 Å². The highest BCUT2D eigenvalue weighted by molar-refractivity contribution is 5.74. The maximum atomic E-state index is 11.2. The summed E-state index contributed by atoms with van der Waals surface area (Å²) in [5.74, 6) is -0.573. The molecule has 0 spiro atoms. The number of azide groups is 1. The number of hydrogen-bond donors (Lipinski definition) is 2. The molecule has 0 saturated heterocycles. The quantitative estimate of drug-likeness (QED) is 0.407. The van der Waals surface area contributed by atoms with E-state index in [-0.39, 0.29) is 12.3 Å². The summed E-state index contributed by atoms with van der Waals surface area (Å²) in [7, 11) is 0. The zero-order valence-corrected chi connectivity index (χ0v) is 16.1. The molecule has 0 amide bonds. The summed E-state index contributed by atoms with van der Waals surface area (Å²) in [6, 6.07) is 8.50. The number of aliphatic carboxylic acids is 1. The maximum absolute atomic E-state index is 11.2. The Labute approximate surface area is 159 Å². The van der Waals surface area contributed by atoms with E-state index in [1.165, 1.54) is 5.56 Å². The first-order chi connectivity index (χ1) is 12.7. The van der Waals surface area contributed by atoms with Crippen molar-refractivity contribution in [3.63, 3.8) is 0 Å². The molecule has 0 unspecified atom stereocenters. The molecule has 27 heavy (non-hydrogen) atoms. The van der Waals surface area contributed by atoms with Gasteiger partial charge in [-0.3, -0.25) is 4.79 Å². The molecule has 2 aromatic rings. The molecule has 6 nitrogen and oxygen atoms in total. The van der Waals surface area contributed by atoms with Crippen molar-refractivity contribution in [2.24, 2.45) is 5.11 Å². The van der Waals surface area contributed by atoms with Gasteiger partial charge in [-0.05, 0) is 77.6 Å². The van der Waals surface area contributed by atoms with Crippen LogP contribution in [0.1, 0.15) is 53.1 Å². The second kappa shape index (κ2) is 8.60. The van der Waals surface area contributed by atoms with Gasteiger partial charge in [0.05, 0.1) is 0 Å². The fourth-order valence-electron chi connectivity index (χ4n) is 3.32. The number of phenols is 1. The van der Waals surface area contributed by atoms with Gasteiger partial charge in [0.2, 0.25) is 0 Å². The Balaban J connectivity index is 2.31. The summed E-state index contributed by atoms with van der Waals surface area (Å²) >= 11 is 0. The van der Waals surface area contributed by atoms with Crippen LogP contribution in [0.4, 0.5) is 0 Å². The standard InChI is InChI=1S/C21H25N3O3/c1-12(2)17-9-15(5-6-20(17)25)10-18-13(3)7-16(8-14(18)4)11-19(21(26)27)23-24-22/h5-9,12,19,25H,10-11H2,1-4H3,(H,26,27)/t19-/m0/s1. The average Bonchev–Trinajstić information content (AvgIpc) is 2.58. The van der Waals surface area contributed by atoms with Gasteiger partial charge < -0.3 is 10.2 Å². The van der Waals surface area contributed by atoms with Crippen LogP contribution in [0, 0.1) is 13.8 Å². The number of nitrogens with zero attached hydrogens (tertiary/aromatic N) is 3. The third kappa shape index (κ3) is 5.02. The Hall–Kier alpha value is -2.98. The predicted octanol–water partition coefficient (Wildman–Crippen LogP) is 5.03. The molecule has 0 aliphatic carbocycles. The molecule has 142 valence electrons. The number of rotatable bonds is 7. The minimum atomic E-state index is -1.13. The number of phenolic OH excluding ortho intramolecular Hbond substituents is 1.